The quantitative estimate of drug-likeness (QED) is 0.0871. The summed E-state index contributed by atoms with van der Waals surface area (Å²) in [6.07, 6.45) is 31.5. The zero-order valence-corrected chi connectivity index (χ0v) is 78.4. The van der Waals surface area contributed by atoms with Crippen LogP contribution >= 0.6 is 0 Å². The molecule has 0 aliphatic heterocycles. The molecule has 0 saturated carbocycles. The minimum absolute atomic E-state index is 0. The van der Waals surface area contributed by atoms with Crippen molar-refractivity contribution in [2.45, 2.75) is 55.4 Å². The number of H-pyrrole nitrogens is 1. The van der Waals surface area contributed by atoms with Crippen LogP contribution in [0.25, 0.3) is 85.4 Å². The SMILES string of the molecule is Cc1ccc(-n2ccnc2-c2[c-]cccc2)c(C)c1.Cc1cccc(C)c1-n1c(C)cnc1-c1[c-]cccc1.Cc1cccc(C)c1-n1ccnc1-c1[c-]cccc1.Cc1ccccc1-n1ccnc1-c1[c-]cccc1.[Ir].[Ir].[Ir].[Ir].[Ir].[c-]1ccccc1-c1nccn1-c1ccccc1.c1cn[nH]c1.c1cnn(B(n2cccn2)n2cccn2)c1. The summed E-state index contributed by atoms with van der Waals surface area (Å²) < 4.78 is 16.0. The van der Waals surface area contributed by atoms with Gasteiger partial charge in [0.05, 0.1) is 29.1 Å². The minimum atomic E-state index is -0.194. The molecule has 9 heterocycles. The third kappa shape index (κ3) is 24.1. The number of nitrogens with zero attached hydrogens (tertiary/aromatic N) is 17. The number of hydrogen-bond acceptors (Lipinski definition) is 9. The van der Waals surface area contributed by atoms with Crippen LogP contribution in [0.1, 0.15) is 44.6 Å². The van der Waals surface area contributed by atoms with E-state index in [0.717, 1.165) is 79.7 Å². The van der Waals surface area contributed by atoms with Crippen LogP contribution < -0.4 is 0 Å². The second-order valence-electron chi connectivity index (χ2n) is 26.4. The van der Waals surface area contributed by atoms with Crippen molar-refractivity contribution in [1.82, 2.24) is 87.0 Å². The van der Waals surface area contributed by atoms with Gasteiger partial charge in [0.2, 0.25) is 0 Å². The number of benzene rings is 10. The Bertz CT molecular complexity index is 5850. The standard InChI is InChI=1S/C18H17N2.2C17H15N2.C16H13N2.C15H11N2.C9H9BN6.C3H4N2.5Ir/c1-13-8-7-9-14(2)17(13)20-15(3)12-19-18(20)16-10-5-4-6-11-16;1-13-7-6-8-14(2)16(13)19-12-11-18-17(19)15-9-4-3-5-10-15;1-13-8-9-16(14(2)12-13)19-11-10-18-17(19)15-6-4-3-5-7-15;1-13-7-5-6-10-15(13)18-12-11-17-16(18)14-8-3-2-4-9-14;1-3-7-13(8-4-1)15-16-11-12-17(15)14-9-5-2-6-10-14;1-4-11-14(7-1)10(15-8-2-5-12-15)16-9-3-6-13-16;1-2-4-5-3-1;;;;;/h4-10,12H,1-3H3;3-9,11-12H,1-2H3;3-6,8-12H,1-2H3;2-8,10-12H,1H3;1-7,9-12H;1-9H;1-3H,(H,4,5);;;;;/q5*-1;;;;;;;. The van der Waals surface area contributed by atoms with E-state index in [4.69, 9.17) is 0 Å². The van der Waals surface area contributed by atoms with Crippen molar-refractivity contribution in [3.05, 3.63) is 435 Å². The first-order valence-corrected chi connectivity index (χ1v) is 37.2. The molecule has 0 amide bonds. The molecule has 5 radical (unpaired) electrons. The van der Waals surface area contributed by atoms with Gasteiger partial charge in [0.1, 0.15) is 0 Å². The van der Waals surface area contributed by atoms with Gasteiger partial charge in [0.25, 0.3) is 0 Å². The van der Waals surface area contributed by atoms with Gasteiger partial charge in [0, 0.05) is 240 Å². The van der Waals surface area contributed by atoms with Gasteiger partial charge in [-0.05, 0) is 137 Å². The first kappa shape index (κ1) is 92.9. The van der Waals surface area contributed by atoms with Gasteiger partial charge in [0.15, 0.2) is 0 Å². The summed E-state index contributed by atoms with van der Waals surface area (Å²) in [5, 5.41) is 18.9. The number of aryl methyl sites for hydroxylation is 8. The van der Waals surface area contributed by atoms with Gasteiger partial charge in [-0.1, -0.05) is 90.5 Å². The van der Waals surface area contributed by atoms with E-state index in [1.54, 1.807) is 44.8 Å². The van der Waals surface area contributed by atoms with E-state index >= 15 is 0 Å². The molecule has 18 nitrogen and oxygen atoms in total. The van der Waals surface area contributed by atoms with Crippen LogP contribution in [0.2, 0.25) is 0 Å². The molecular weight excluding hydrogens is 2370 g/mol. The molecule has 24 heteroatoms. The predicted octanol–water partition coefficient (Wildman–Crippen LogP) is 19.8. The summed E-state index contributed by atoms with van der Waals surface area (Å²) in [6.45, 7) is 17.0. The van der Waals surface area contributed by atoms with Gasteiger partial charge in [-0.15, -0.1) is 179 Å². The number of para-hydroxylation sites is 4. The third-order valence-corrected chi connectivity index (χ3v) is 18.3. The second-order valence-corrected chi connectivity index (χ2v) is 26.4. The van der Waals surface area contributed by atoms with E-state index in [-0.39, 0.29) is 108 Å². The molecule has 0 fully saturated rings. The molecule has 19 aromatic rings. The van der Waals surface area contributed by atoms with Gasteiger partial charge in [-0.25, -0.2) is 0 Å². The maximum Gasteiger partial charge on any atom is 0.568 e. The first-order chi connectivity index (χ1) is 56.0. The molecule has 0 bridgehead atoms. The van der Waals surface area contributed by atoms with Crippen molar-refractivity contribution in [3.8, 4) is 85.4 Å². The van der Waals surface area contributed by atoms with E-state index < -0.39 is 0 Å². The zero-order valence-electron chi connectivity index (χ0n) is 66.4. The normalized spacial score (nSPS) is 10.0. The Balaban J connectivity index is 0.000000174. The second kappa shape index (κ2) is 47.1. The first-order valence-electron chi connectivity index (χ1n) is 37.2. The van der Waals surface area contributed by atoms with Crippen LogP contribution in [-0.2, 0) is 101 Å². The topological polar surface area (TPSA) is 171 Å². The Hall–Kier alpha value is -11.6. The molecule has 119 heavy (non-hydrogen) atoms. The van der Waals surface area contributed by atoms with Crippen molar-refractivity contribution in [3.63, 3.8) is 0 Å². The number of imidazole rings is 5. The molecule has 9 aromatic heterocycles. The number of hydrogen-bond donors (Lipinski definition) is 1. The van der Waals surface area contributed by atoms with E-state index in [9.17, 15) is 0 Å². The van der Waals surface area contributed by atoms with Crippen LogP contribution in [0, 0.1) is 85.7 Å². The molecule has 607 valence electrons. The van der Waals surface area contributed by atoms with Gasteiger partial charge >= 0.3 is 7.12 Å². The fourth-order valence-electron chi connectivity index (χ4n) is 13.0. The van der Waals surface area contributed by atoms with E-state index in [1.807, 2.05) is 250 Å². The summed E-state index contributed by atoms with van der Waals surface area (Å²) in [7, 11) is -0.194. The van der Waals surface area contributed by atoms with Crippen LogP contribution in [-0.4, -0.2) is 94.1 Å². The molecule has 1 N–H and O–H groups in total. The number of aromatic nitrogens is 18. The van der Waals surface area contributed by atoms with Crippen LogP contribution in [0.5, 0.6) is 0 Å². The molecule has 0 aliphatic rings. The average Bonchev–Trinajstić information content (AvgIpc) is 1.66. The van der Waals surface area contributed by atoms with Gasteiger partial charge in [-0.3, -0.25) is 43.8 Å². The fourth-order valence-corrected chi connectivity index (χ4v) is 13.0. The third-order valence-electron chi connectivity index (χ3n) is 18.3. The molecular formula is C95H84BIr5N18-5. The van der Waals surface area contributed by atoms with Gasteiger partial charge in [-0.2, -0.15) is 20.4 Å². The predicted molar refractivity (Wildman–Crippen MR) is 454 cm³/mol. The Morgan fingerprint density at radius 1 is 0.294 bits per heavy atom. The van der Waals surface area contributed by atoms with Crippen LogP contribution in [0.4, 0.5) is 0 Å². The van der Waals surface area contributed by atoms with Crippen molar-refractivity contribution >= 4 is 7.12 Å². The molecule has 0 unspecified atom stereocenters. The summed E-state index contributed by atoms with van der Waals surface area (Å²) >= 11 is 0. The maximum atomic E-state index is 4.58. The minimum Gasteiger partial charge on any atom is -0.340 e. The van der Waals surface area contributed by atoms with Crippen molar-refractivity contribution < 1.29 is 101 Å². The zero-order chi connectivity index (χ0) is 78.8. The summed E-state index contributed by atoms with van der Waals surface area (Å²) in [4.78, 5) is 22.3. The number of aromatic amines is 1. The summed E-state index contributed by atoms with van der Waals surface area (Å²) in [6, 6.07) is 101. The van der Waals surface area contributed by atoms with E-state index in [0.29, 0.717) is 0 Å². The van der Waals surface area contributed by atoms with Crippen molar-refractivity contribution in [1.29, 1.82) is 0 Å². The fraction of sp³-hybridized carbons (Fsp3) is 0.0842. The largest absolute Gasteiger partial charge is 0.568 e. The molecule has 19 rings (SSSR count). The Kier molecular flexibility index (Phi) is 36.8. The molecule has 10 aromatic carbocycles. The van der Waals surface area contributed by atoms with Crippen LogP contribution in [0.3, 0.4) is 0 Å². The smallest absolute Gasteiger partial charge is 0.340 e. The molecule has 0 spiro atoms. The van der Waals surface area contributed by atoms with E-state index in [1.165, 1.54) is 50.3 Å². The molecule has 0 saturated heterocycles. The van der Waals surface area contributed by atoms with Gasteiger partial charge < -0.3 is 22.8 Å². The Labute approximate surface area is 763 Å². The van der Waals surface area contributed by atoms with Crippen LogP contribution in [0.15, 0.2) is 360 Å². The van der Waals surface area contributed by atoms with Crippen molar-refractivity contribution in [2.75, 3.05) is 0 Å². The Morgan fingerprint density at radius 2 is 0.672 bits per heavy atom. The number of nitrogens with one attached hydrogen (secondary N) is 1. The Morgan fingerprint density at radius 3 is 1.06 bits per heavy atom. The number of rotatable bonds is 13. The van der Waals surface area contributed by atoms with Crippen molar-refractivity contribution in [2.24, 2.45) is 0 Å². The van der Waals surface area contributed by atoms with E-state index in [2.05, 4.69) is 238 Å². The summed E-state index contributed by atoms with van der Waals surface area (Å²) in [5.41, 5.74) is 20.8. The monoisotopic (exact) mass is 2450 g/mol. The summed E-state index contributed by atoms with van der Waals surface area (Å²) in [5.74, 6) is 4.63. The molecule has 0 aliphatic carbocycles. The maximum absolute atomic E-state index is 4.58. The molecule has 0 atom stereocenters. The average molecular weight is 2450 g/mol.